The molecule has 0 heterocycles. The Morgan fingerprint density at radius 2 is 2.33 bits per heavy atom. The van der Waals surface area contributed by atoms with Crippen LogP contribution in [0.3, 0.4) is 0 Å². The Labute approximate surface area is 55.2 Å². The van der Waals surface area contributed by atoms with Gasteiger partial charge in [-0.05, 0) is 19.9 Å². The highest BCUT2D eigenvalue weighted by molar-refractivity contribution is 5.89. The molecule has 0 amide bonds. The lowest BCUT2D eigenvalue weighted by atomic mass is 10.2. The molecule has 0 rings (SSSR count). The van der Waals surface area contributed by atoms with Crippen molar-refractivity contribution < 1.29 is 9.90 Å². The smallest absolute Gasteiger partial charge is 0.157 e. The van der Waals surface area contributed by atoms with Crippen LogP contribution in [0.5, 0.6) is 0 Å². The average molecular weight is 128 g/mol. The molecule has 2 heteroatoms. The van der Waals surface area contributed by atoms with E-state index in [0.717, 1.165) is 0 Å². The van der Waals surface area contributed by atoms with Gasteiger partial charge in [0.2, 0.25) is 0 Å². The number of hydrogen-bond acceptors (Lipinski definition) is 2. The van der Waals surface area contributed by atoms with Gasteiger partial charge >= 0.3 is 0 Å². The van der Waals surface area contributed by atoms with Crippen LogP contribution in [0.2, 0.25) is 0 Å². The summed E-state index contributed by atoms with van der Waals surface area (Å²) < 4.78 is 0. The predicted octanol–water partition coefficient (Wildman–Crippen LogP) is 0.903. The first-order chi connectivity index (χ1) is 4.16. The minimum Gasteiger partial charge on any atom is -0.393 e. The fraction of sp³-hybridized carbons (Fsp3) is 0.571. The Bertz CT molecular complexity index is 114. The fourth-order valence-electron chi connectivity index (χ4n) is 0.545. The topological polar surface area (TPSA) is 37.3 Å². The molecule has 1 atom stereocenters. The van der Waals surface area contributed by atoms with Crippen molar-refractivity contribution in [3.63, 3.8) is 0 Å². The van der Waals surface area contributed by atoms with Crippen LogP contribution in [0.15, 0.2) is 12.2 Å². The molecule has 0 spiro atoms. The SMILES string of the molecule is CC=CC(=O)CC(C)O. The van der Waals surface area contributed by atoms with Crippen LogP contribution in [0, 0.1) is 0 Å². The minimum absolute atomic E-state index is 0.0208. The van der Waals surface area contributed by atoms with Crippen LogP contribution in [0.1, 0.15) is 20.3 Å². The molecule has 0 radical (unpaired) electrons. The second-order valence-corrected chi connectivity index (χ2v) is 2.02. The summed E-state index contributed by atoms with van der Waals surface area (Å²) in [5.74, 6) is -0.0208. The summed E-state index contributed by atoms with van der Waals surface area (Å²) in [6.07, 6.45) is 2.84. The minimum atomic E-state index is -0.520. The van der Waals surface area contributed by atoms with E-state index in [0.29, 0.717) is 0 Å². The number of aliphatic hydroxyl groups excluding tert-OH is 1. The summed E-state index contributed by atoms with van der Waals surface area (Å²) in [5, 5.41) is 8.69. The average Bonchev–Trinajstić information content (AvgIpc) is 1.63. The maximum Gasteiger partial charge on any atom is 0.157 e. The summed E-state index contributed by atoms with van der Waals surface area (Å²) in [7, 11) is 0. The van der Waals surface area contributed by atoms with Crippen molar-refractivity contribution in [2.24, 2.45) is 0 Å². The van der Waals surface area contributed by atoms with Crippen LogP contribution in [-0.4, -0.2) is 17.0 Å². The van der Waals surface area contributed by atoms with E-state index in [1.807, 2.05) is 0 Å². The summed E-state index contributed by atoms with van der Waals surface area (Å²) in [4.78, 5) is 10.6. The summed E-state index contributed by atoms with van der Waals surface area (Å²) >= 11 is 0. The van der Waals surface area contributed by atoms with E-state index in [1.54, 1.807) is 19.9 Å². The quantitative estimate of drug-likeness (QED) is 0.573. The molecule has 0 aromatic heterocycles. The van der Waals surface area contributed by atoms with E-state index >= 15 is 0 Å². The van der Waals surface area contributed by atoms with Crippen LogP contribution in [0.4, 0.5) is 0 Å². The molecule has 0 aromatic rings. The van der Waals surface area contributed by atoms with Crippen molar-refractivity contribution >= 4 is 5.78 Å². The number of carbonyl (C=O) groups is 1. The fourth-order valence-corrected chi connectivity index (χ4v) is 0.545. The number of carbonyl (C=O) groups excluding carboxylic acids is 1. The number of allylic oxidation sites excluding steroid dienone is 2. The van der Waals surface area contributed by atoms with Gasteiger partial charge < -0.3 is 5.11 Å². The Kier molecular flexibility index (Phi) is 3.97. The van der Waals surface area contributed by atoms with Gasteiger partial charge in [-0.15, -0.1) is 0 Å². The molecule has 0 fully saturated rings. The zero-order valence-electron chi connectivity index (χ0n) is 5.79. The first-order valence-electron chi connectivity index (χ1n) is 3.00. The highest BCUT2D eigenvalue weighted by Crippen LogP contribution is 1.91. The van der Waals surface area contributed by atoms with E-state index in [-0.39, 0.29) is 12.2 Å². The zero-order chi connectivity index (χ0) is 7.28. The number of aliphatic hydroxyl groups is 1. The maximum atomic E-state index is 10.6. The molecule has 0 bridgehead atoms. The third-order valence-electron chi connectivity index (χ3n) is 0.849. The van der Waals surface area contributed by atoms with Crippen molar-refractivity contribution in [2.75, 3.05) is 0 Å². The van der Waals surface area contributed by atoms with Crippen molar-refractivity contribution in [3.8, 4) is 0 Å². The van der Waals surface area contributed by atoms with Gasteiger partial charge in [0.15, 0.2) is 5.78 Å². The van der Waals surface area contributed by atoms with Gasteiger partial charge in [-0.1, -0.05) is 6.08 Å². The summed E-state index contributed by atoms with van der Waals surface area (Å²) in [6, 6.07) is 0. The van der Waals surface area contributed by atoms with Crippen LogP contribution in [0.25, 0.3) is 0 Å². The van der Waals surface area contributed by atoms with E-state index in [9.17, 15) is 4.79 Å². The molecule has 1 N–H and O–H groups in total. The molecule has 52 valence electrons. The van der Waals surface area contributed by atoms with Gasteiger partial charge in [0.05, 0.1) is 6.10 Å². The monoisotopic (exact) mass is 128 g/mol. The largest absolute Gasteiger partial charge is 0.393 e. The van der Waals surface area contributed by atoms with Gasteiger partial charge in [-0.3, -0.25) is 4.79 Å². The molecule has 2 nitrogen and oxygen atoms in total. The molecule has 0 aliphatic carbocycles. The summed E-state index contributed by atoms with van der Waals surface area (Å²) in [6.45, 7) is 3.38. The molecule has 0 aliphatic heterocycles. The Morgan fingerprint density at radius 1 is 1.78 bits per heavy atom. The predicted molar refractivity (Wildman–Crippen MR) is 36.1 cm³/mol. The van der Waals surface area contributed by atoms with Gasteiger partial charge in [0, 0.05) is 6.42 Å². The maximum absolute atomic E-state index is 10.6. The van der Waals surface area contributed by atoms with E-state index in [1.165, 1.54) is 6.08 Å². The second kappa shape index (κ2) is 4.27. The van der Waals surface area contributed by atoms with E-state index in [4.69, 9.17) is 5.11 Å². The second-order valence-electron chi connectivity index (χ2n) is 2.02. The van der Waals surface area contributed by atoms with E-state index < -0.39 is 6.10 Å². The van der Waals surface area contributed by atoms with Gasteiger partial charge in [-0.2, -0.15) is 0 Å². The van der Waals surface area contributed by atoms with E-state index in [2.05, 4.69) is 0 Å². The Hall–Kier alpha value is -0.630. The third kappa shape index (κ3) is 5.24. The van der Waals surface area contributed by atoms with Gasteiger partial charge in [0.1, 0.15) is 0 Å². The highest BCUT2D eigenvalue weighted by atomic mass is 16.3. The van der Waals surface area contributed by atoms with Crippen molar-refractivity contribution in [1.29, 1.82) is 0 Å². The van der Waals surface area contributed by atoms with Crippen molar-refractivity contribution in [3.05, 3.63) is 12.2 Å². The number of hydrogen-bond donors (Lipinski definition) is 1. The molecule has 0 saturated carbocycles. The summed E-state index contributed by atoms with van der Waals surface area (Å²) in [5.41, 5.74) is 0. The highest BCUT2D eigenvalue weighted by Gasteiger charge is 1.99. The third-order valence-corrected chi connectivity index (χ3v) is 0.849. The first-order valence-corrected chi connectivity index (χ1v) is 3.00. The Balaban J connectivity index is 3.51. The lowest BCUT2D eigenvalue weighted by Gasteiger charge is -1.96. The standard InChI is InChI=1S/C7H12O2/c1-3-4-7(9)5-6(2)8/h3-4,6,8H,5H2,1-2H3. The number of ketones is 1. The van der Waals surface area contributed by atoms with Crippen LogP contribution in [-0.2, 0) is 4.79 Å². The van der Waals surface area contributed by atoms with Crippen LogP contribution >= 0.6 is 0 Å². The first kappa shape index (κ1) is 8.37. The van der Waals surface area contributed by atoms with Crippen molar-refractivity contribution in [1.82, 2.24) is 0 Å². The van der Waals surface area contributed by atoms with Gasteiger partial charge in [0.25, 0.3) is 0 Å². The Morgan fingerprint density at radius 3 is 2.67 bits per heavy atom. The lowest BCUT2D eigenvalue weighted by molar-refractivity contribution is -0.116. The van der Waals surface area contributed by atoms with Crippen molar-refractivity contribution in [2.45, 2.75) is 26.4 Å². The zero-order valence-corrected chi connectivity index (χ0v) is 5.79. The molecular formula is C7H12O2. The normalized spacial score (nSPS) is 14.1. The molecule has 1 unspecified atom stereocenters. The molecule has 9 heavy (non-hydrogen) atoms. The molecule has 0 aromatic carbocycles. The van der Waals surface area contributed by atoms with Gasteiger partial charge in [-0.25, -0.2) is 0 Å². The molecular weight excluding hydrogens is 116 g/mol. The lowest BCUT2D eigenvalue weighted by Crippen LogP contribution is -2.06. The van der Waals surface area contributed by atoms with Crippen LogP contribution < -0.4 is 0 Å². The molecule has 0 saturated heterocycles. The number of rotatable bonds is 3. The molecule has 0 aliphatic rings.